The number of benzene rings is 2. The molecule has 7 heteroatoms. The molecule has 0 spiro atoms. The molecule has 0 aromatic heterocycles. The molecule has 0 saturated carbocycles. The van der Waals surface area contributed by atoms with Crippen molar-refractivity contribution in [2.45, 2.75) is 71.0 Å². The number of alkyl halides is 1. The molecular weight excluding hydrogens is 532 g/mol. The molecule has 3 aliphatic rings. The molecule has 2 saturated heterocycles. The normalized spacial score (nSPS) is 24.9. The van der Waals surface area contributed by atoms with E-state index in [1.54, 1.807) is 24.0 Å². The largest absolute Gasteiger partial charge is 0.334 e. The number of halogens is 2. The molecular formula is C35H43F2N3O2. The smallest absolute Gasteiger partial charge is 0.257 e. The zero-order valence-corrected chi connectivity index (χ0v) is 25.2. The number of likely N-dealkylation sites (tertiary alicyclic amines) is 2. The summed E-state index contributed by atoms with van der Waals surface area (Å²) in [5.74, 6) is -1.58. The van der Waals surface area contributed by atoms with Gasteiger partial charge in [0, 0.05) is 37.8 Å². The number of aryl methyl sites for hydroxylation is 1. The Kier molecular flexibility index (Phi) is 8.97. The maximum atomic E-state index is 15.0. The van der Waals surface area contributed by atoms with Gasteiger partial charge in [-0.3, -0.25) is 14.5 Å². The van der Waals surface area contributed by atoms with Crippen LogP contribution in [-0.4, -0.2) is 60.0 Å². The van der Waals surface area contributed by atoms with Gasteiger partial charge in [0.25, 0.3) is 5.91 Å². The lowest BCUT2D eigenvalue weighted by Crippen LogP contribution is -2.55. The zero-order chi connectivity index (χ0) is 30.0. The first-order chi connectivity index (χ1) is 20.0. The van der Waals surface area contributed by atoms with Crippen molar-refractivity contribution in [3.63, 3.8) is 0 Å². The van der Waals surface area contributed by atoms with Crippen molar-refractivity contribution in [3.05, 3.63) is 88.8 Å². The number of hydrogen-bond donors (Lipinski definition) is 1. The maximum absolute atomic E-state index is 15.0. The summed E-state index contributed by atoms with van der Waals surface area (Å²) in [6, 6.07) is 12.2. The van der Waals surface area contributed by atoms with Gasteiger partial charge in [-0.1, -0.05) is 63.3 Å². The first-order valence-electron chi connectivity index (χ1n) is 15.2. The average molecular weight is 576 g/mol. The number of nitrogens with zero attached hydrogens (tertiary/aromatic N) is 2. The minimum Gasteiger partial charge on any atom is -0.334 e. The number of piperidine rings is 1. The van der Waals surface area contributed by atoms with Crippen molar-refractivity contribution in [1.82, 2.24) is 9.80 Å². The quantitative estimate of drug-likeness (QED) is 0.411. The van der Waals surface area contributed by atoms with Crippen LogP contribution in [0.2, 0.25) is 0 Å². The van der Waals surface area contributed by atoms with Crippen LogP contribution in [0, 0.1) is 24.6 Å². The van der Waals surface area contributed by atoms with Crippen LogP contribution in [0.3, 0.4) is 0 Å². The van der Waals surface area contributed by atoms with Crippen LogP contribution in [0.15, 0.2) is 66.3 Å². The Hall–Kier alpha value is -3.32. The number of carbonyl (C=O) groups excluding carboxylic acids is 2. The van der Waals surface area contributed by atoms with E-state index < -0.39 is 23.9 Å². The van der Waals surface area contributed by atoms with Crippen LogP contribution < -0.4 is 5.32 Å². The summed E-state index contributed by atoms with van der Waals surface area (Å²) < 4.78 is 28.7. The number of allylic oxidation sites excluding steroid dienone is 1. The first kappa shape index (κ1) is 30.1. The molecule has 224 valence electrons. The topological polar surface area (TPSA) is 52.7 Å². The second kappa shape index (κ2) is 12.5. The van der Waals surface area contributed by atoms with Crippen LogP contribution in [-0.2, 0) is 10.2 Å². The number of anilines is 1. The molecule has 1 N–H and O–H groups in total. The summed E-state index contributed by atoms with van der Waals surface area (Å²) in [6.07, 6.45) is 8.09. The SMILES string of the molecule is Cc1cccc(F)c1C(=O)N1CCC[C@H](C(=O)Nc2cccc(C(C)(C)C)c2)[C@@H]1C1C=CC(CN2CC[C@@H](F)C2)=CC1. The molecule has 2 heterocycles. The van der Waals surface area contributed by atoms with E-state index in [0.29, 0.717) is 50.9 Å². The minimum atomic E-state index is -0.766. The number of nitrogens with one attached hydrogen (secondary N) is 1. The van der Waals surface area contributed by atoms with E-state index in [-0.39, 0.29) is 28.7 Å². The molecule has 1 unspecified atom stereocenters. The molecule has 2 amide bonds. The van der Waals surface area contributed by atoms with Crippen LogP contribution >= 0.6 is 0 Å². The van der Waals surface area contributed by atoms with Crippen LogP contribution in [0.25, 0.3) is 0 Å². The average Bonchev–Trinajstić information content (AvgIpc) is 3.36. The maximum Gasteiger partial charge on any atom is 0.257 e. The Balaban J connectivity index is 1.42. The van der Waals surface area contributed by atoms with Crippen LogP contribution in [0.5, 0.6) is 0 Å². The molecule has 5 rings (SSSR count). The third-order valence-corrected chi connectivity index (χ3v) is 8.99. The van der Waals surface area contributed by atoms with Gasteiger partial charge in [0.15, 0.2) is 0 Å². The predicted molar refractivity (Wildman–Crippen MR) is 164 cm³/mol. The zero-order valence-electron chi connectivity index (χ0n) is 25.2. The van der Waals surface area contributed by atoms with Gasteiger partial charge in [-0.05, 0) is 72.9 Å². The molecule has 2 aromatic carbocycles. The Bertz CT molecular complexity index is 1360. The van der Waals surface area contributed by atoms with Gasteiger partial charge in [0.05, 0.1) is 17.5 Å². The van der Waals surface area contributed by atoms with E-state index >= 15 is 0 Å². The molecule has 2 aromatic rings. The van der Waals surface area contributed by atoms with Crippen molar-refractivity contribution in [2.24, 2.45) is 11.8 Å². The van der Waals surface area contributed by atoms with Crippen LogP contribution in [0.4, 0.5) is 14.5 Å². The lowest BCUT2D eigenvalue weighted by molar-refractivity contribution is -0.123. The van der Waals surface area contributed by atoms with Crippen molar-refractivity contribution in [1.29, 1.82) is 0 Å². The highest BCUT2D eigenvalue weighted by Gasteiger charge is 2.43. The highest BCUT2D eigenvalue weighted by Crippen LogP contribution is 2.36. The Morgan fingerprint density at radius 3 is 2.52 bits per heavy atom. The Labute approximate surface area is 248 Å². The molecule has 1 aliphatic carbocycles. The summed E-state index contributed by atoms with van der Waals surface area (Å²) >= 11 is 0. The Morgan fingerprint density at radius 2 is 1.86 bits per heavy atom. The van der Waals surface area contributed by atoms with Crippen molar-refractivity contribution >= 4 is 17.5 Å². The standard InChI is InChI=1S/C35H43F2N3O2/c1-23-8-5-12-30(37)31(23)34(42)40-18-7-11-29(33(41)38-28-10-6-9-26(20-28)35(2,3)4)32(40)25-15-13-24(14-16-25)21-39-19-17-27(36)22-39/h5-6,8-10,12-15,20,25,27,29,32H,7,11,16-19,21-22H2,1-4H3,(H,38,41)/t25?,27-,29+,32+/m1/s1. The van der Waals surface area contributed by atoms with Gasteiger partial charge >= 0.3 is 0 Å². The van der Waals surface area contributed by atoms with E-state index in [9.17, 15) is 18.4 Å². The molecule has 4 atom stereocenters. The molecule has 5 nitrogen and oxygen atoms in total. The van der Waals surface area contributed by atoms with E-state index in [1.807, 2.05) is 18.2 Å². The fraction of sp³-hybridized carbons (Fsp3) is 0.486. The van der Waals surface area contributed by atoms with Gasteiger partial charge in [0.1, 0.15) is 12.0 Å². The summed E-state index contributed by atoms with van der Waals surface area (Å²) in [7, 11) is 0. The number of amides is 2. The third-order valence-electron chi connectivity index (χ3n) is 8.99. The van der Waals surface area contributed by atoms with Gasteiger partial charge < -0.3 is 10.2 Å². The lowest BCUT2D eigenvalue weighted by atomic mass is 9.77. The van der Waals surface area contributed by atoms with Crippen LogP contribution in [0.1, 0.15) is 67.9 Å². The first-order valence-corrected chi connectivity index (χ1v) is 15.2. The van der Waals surface area contributed by atoms with Crippen molar-refractivity contribution in [3.8, 4) is 0 Å². The second-order valence-corrected chi connectivity index (χ2v) is 13.1. The molecule has 2 fully saturated rings. The second-order valence-electron chi connectivity index (χ2n) is 13.1. The van der Waals surface area contributed by atoms with E-state index in [0.717, 1.165) is 23.4 Å². The molecule has 42 heavy (non-hydrogen) atoms. The van der Waals surface area contributed by atoms with Gasteiger partial charge in [-0.25, -0.2) is 8.78 Å². The number of rotatable bonds is 6. The Morgan fingerprint density at radius 1 is 1.07 bits per heavy atom. The fourth-order valence-corrected chi connectivity index (χ4v) is 6.66. The van der Waals surface area contributed by atoms with Crippen molar-refractivity contribution in [2.75, 3.05) is 31.5 Å². The number of carbonyl (C=O) groups is 2. The van der Waals surface area contributed by atoms with Crippen molar-refractivity contribution < 1.29 is 18.4 Å². The number of hydrogen-bond acceptors (Lipinski definition) is 3. The van der Waals surface area contributed by atoms with E-state index in [2.05, 4.69) is 55.3 Å². The predicted octanol–water partition coefficient (Wildman–Crippen LogP) is 6.84. The fourth-order valence-electron chi connectivity index (χ4n) is 6.66. The summed E-state index contributed by atoms with van der Waals surface area (Å²) in [5.41, 5.74) is 3.58. The third kappa shape index (κ3) is 6.67. The van der Waals surface area contributed by atoms with Gasteiger partial charge in [-0.15, -0.1) is 0 Å². The summed E-state index contributed by atoms with van der Waals surface area (Å²) in [6.45, 7) is 10.5. The summed E-state index contributed by atoms with van der Waals surface area (Å²) in [4.78, 5) is 31.8. The lowest BCUT2D eigenvalue weighted by Gasteiger charge is -2.44. The summed E-state index contributed by atoms with van der Waals surface area (Å²) in [5, 5.41) is 3.14. The van der Waals surface area contributed by atoms with Gasteiger partial charge in [-0.2, -0.15) is 0 Å². The molecule has 2 aliphatic heterocycles. The van der Waals surface area contributed by atoms with E-state index in [1.165, 1.54) is 6.07 Å². The van der Waals surface area contributed by atoms with Gasteiger partial charge in [0.2, 0.25) is 5.91 Å². The highest BCUT2D eigenvalue weighted by atomic mass is 19.1. The molecule has 0 radical (unpaired) electrons. The highest BCUT2D eigenvalue weighted by molar-refractivity contribution is 5.98. The molecule has 0 bridgehead atoms. The monoisotopic (exact) mass is 575 g/mol. The minimum absolute atomic E-state index is 0.0634. The van der Waals surface area contributed by atoms with E-state index in [4.69, 9.17) is 0 Å².